The molecule has 6 heteroatoms. The lowest BCUT2D eigenvalue weighted by molar-refractivity contribution is 0.0992. The first-order valence-corrected chi connectivity index (χ1v) is 9.14. The Bertz CT molecular complexity index is 1170. The summed E-state index contributed by atoms with van der Waals surface area (Å²) < 4.78 is 16.5. The topological polar surface area (TPSA) is 73.6 Å². The highest BCUT2D eigenvalue weighted by molar-refractivity contribution is 6.03. The summed E-state index contributed by atoms with van der Waals surface area (Å²) in [6, 6.07) is 18.6. The third-order valence-electron chi connectivity index (χ3n) is 4.41. The predicted octanol–water partition coefficient (Wildman–Crippen LogP) is 4.98. The van der Waals surface area contributed by atoms with Gasteiger partial charge in [-0.3, -0.25) is 9.78 Å². The van der Waals surface area contributed by atoms with Crippen LogP contribution in [0.3, 0.4) is 0 Å². The molecule has 1 amide bonds. The molecule has 2 heterocycles. The van der Waals surface area contributed by atoms with Gasteiger partial charge in [-0.2, -0.15) is 0 Å². The second-order valence-corrected chi connectivity index (χ2v) is 6.61. The molecule has 1 N–H and O–H groups in total. The minimum absolute atomic E-state index is 0.211. The van der Waals surface area contributed by atoms with E-state index in [-0.39, 0.29) is 18.3 Å². The van der Waals surface area contributed by atoms with Gasteiger partial charge in [-0.05, 0) is 55.0 Å². The number of ether oxygens (including phenoxy) is 2. The monoisotopic (exact) mass is 388 g/mol. The van der Waals surface area contributed by atoms with Crippen molar-refractivity contribution >= 4 is 22.5 Å². The van der Waals surface area contributed by atoms with Crippen LogP contribution in [0.5, 0.6) is 11.5 Å². The second kappa shape index (κ2) is 8.06. The molecule has 6 nitrogen and oxygen atoms in total. The van der Waals surface area contributed by atoms with E-state index in [1.54, 1.807) is 25.4 Å². The Morgan fingerprint density at radius 1 is 1.07 bits per heavy atom. The van der Waals surface area contributed by atoms with E-state index in [9.17, 15) is 4.79 Å². The molecule has 0 saturated carbocycles. The first kappa shape index (κ1) is 18.6. The summed E-state index contributed by atoms with van der Waals surface area (Å²) in [5.41, 5.74) is 2.49. The number of hydrogen-bond donors (Lipinski definition) is 1. The number of pyridine rings is 1. The number of fused-ring (bicyclic) bond motifs is 1. The largest absolute Gasteiger partial charge is 0.497 e. The molecule has 0 spiro atoms. The van der Waals surface area contributed by atoms with Crippen molar-refractivity contribution in [2.75, 3.05) is 12.4 Å². The minimum atomic E-state index is -0.346. The van der Waals surface area contributed by atoms with Gasteiger partial charge < -0.3 is 19.2 Å². The van der Waals surface area contributed by atoms with Crippen LogP contribution in [0.1, 0.15) is 21.9 Å². The molecule has 2 aromatic heterocycles. The summed E-state index contributed by atoms with van der Waals surface area (Å²) in [7, 11) is 1.61. The van der Waals surface area contributed by atoms with E-state index in [0.717, 1.165) is 28.0 Å². The van der Waals surface area contributed by atoms with Crippen LogP contribution in [-0.2, 0) is 6.61 Å². The fraction of sp³-hybridized carbons (Fsp3) is 0.130. The normalized spacial score (nSPS) is 10.7. The van der Waals surface area contributed by atoms with Gasteiger partial charge in [0.1, 0.15) is 23.9 Å². The second-order valence-electron chi connectivity index (χ2n) is 6.61. The molecule has 4 rings (SSSR count). The number of nitrogens with zero attached hydrogens (tertiary/aromatic N) is 1. The van der Waals surface area contributed by atoms with Crippen molar-refractivity contribution in [2.24, 2.45) is 0 Å². The summed E-state index contributed by atoms with van der Waals surface area (Å²) in [6.07, 6.45) is 1.60. The van der Waals surface area contributed by atoms with Gasteiger partial charge in [-0.1, -0.05) is 12.1 Å². The standard InChI is InChI=1S/C23H20N2O4/c1-15-4-3-5-19(10-15)28-14-20-8-9-22(29-20)23(26)25-17-11-16-6-7-18(27-2)12-21(16)24-13-17/h3-13H,14H2,1-2H3,(H,25,26). The summed E-state index contributed by atoms with van der Waals surface area (Å²) in [5, 5.41) is 3.70. The number of carbonyl (C=O) groups is 1. The molecule has 0 bridgehead atoms. The highest BCUT2D eigenvalue weighted by atomic mass is 16.5. The molecule has 0 atom stereocenters. The molecule has 146 valence electrons. The van der Waals surface area contributed by atoms with Gasteiger partial charge in [0.05, 0.1) is 24.5 Å². The molecular weight excluding hydrogens is 368 g/mol. The molecule has 0 aliphatic heterocycles. The number of rotatable bonds is 6. The maximum atomic E-state index is 12.5. The molecule has 0 unspecified atom stereocenters. The number of benzene rings is 2. The van der Waals surface area contributed by atoms with Gasteiger partial charge in [0.15, 0.2) is 5.76 Å². The van der Waals surface area contributed by atoms with Gasteiger partial charge in [-0.15, -0.1) is 0 Å². The summed E-state index contributed by atoms with van der Waals surface area (Å²) >= 11 is 0. The third-order valence-corrected chi connectivity index (χ3v) is 4.41. The highest BCUT2D eigenvalue weighted by Gasteiger charge is 2.13. The first-order valence-electron chi connectivity index (χ1n) is 9.14. The maximum Gasteiger partial charge on any atom is 0.291 e. The van der Waals surface area contributed by atoms with Crippen molar-refractivity contribution in [3.8, 4) is 11.5 Å². The number of carbonyl (C=O) groups excluding carboxylic acids is 1. The number of anilines is 1. The number of aromatic nitrogens is 1. The molecule has 29 heavy (non-hydrogen) atoms. The van der Waals surface area contributed by atoms with Crippen LogP contribution in [0.15, 0.2) is 71.3 Å². The van der Waals surface area contributed by atoms with Gasteiger partial charge >= 0.3 is 0 Å². The molecule has 0 aliphatic rings. The van der Waals surface area contributed by atoms with Crippen LogP contribution in [-0.4, -0.2) is 18.0 Å². The Morgan fingerprint density at radius 3 is 2.79 bits per heavy atom. The van der Waals surface area contributed by atoms with Crippen LogP contribution in [0.25, 0.3) is 10.9 Å². The van der Waals surface area contributed by atoms with Crippen molar-refractivity contribution in [1.29, 1.82) is 0 Å². The van der Waals surface area contributed by atoms with Crippen molar-refractivity contribution in [3.05, 3.63) is 83.9 Å². The molecule has 0 aliphatic carbocycles. The number of methoxy groups -OCH3 is 1. The fourth-order valence-corrected chi connectivity index (χ4v) is 2.93. The lowest BCUT2D eigenvalue weighted by Gasteiger charge is -2.06. The van der Waals surface area contributed by atoms with Crippen LogP contribution >= 0.6 is 0 Å². The fourth-order valence-electron chi connectivity index (χ4n) is 2.93. The van der Waals surface area contributed by atoms with Crippen molar-refractivity contribution in [3.63, 3.8) is 0 Å². The molecule has 2 aromatic carbocycles. The SMILES string of the molecule is COc1ccc2cc(NC(=O)c3ccc(COc4cccc(C)c4)o3)cnc2c1. The van der Waals surface area contributed by atoms with Crippen molar-refractivity contribution in [1.82, 2.24) is 4.98 Å². The van der Waals surface area contributed by atoms with Crippen molar-refractivity contribution < 1.29 is 18.7 Å². The maximum absolute atomic E-state index is 12.5. The highest BCUT2D eigenvalue weighted by Crippen LogP contribution is 2.22. The van der Waals surface area contributed by atoms with Crippen LogP contribution in [0.2, 0.25) is 0 Å². The quantitative estimate of drug-likeness (QED) is 0.504. The lowest BCUT2D eigenvalue weighted by atomic mass is 10.2. The molecule has 0 saturated heterocycles. The first-order chi connectivity index (χ1) is 14.1. The van der Waals surface area contributed by atoms with Crippen molar-refractivity contribution in [2.45, 2.75) is 13.5 Å². The van der Waals surface area contributed by atoms with E-state index in [1.165, 1.54) is 0 Å². The number of aryl methyl sites for hydroxylation is 1. The van der Waals surface area contributed by atoms with Crippen LogP contribution < -0.4 is 14.8 Å². The van der Waals surface area contributed by atoms with Gasteiger partial charge in [0, 0.05) is 11.5 Å². The lowest BCUT2D eigenvalue weighted by Crippen LogP contribution is -2.11. The average Bonchev–Trinajstić information content (AvgIpc) is 3.21. The minimum Gasteiger partial charge on any atom is -0.497 e. The zero-order valence-corrected chi connectivity index (χ0v) is 16.1. The van der Waals surface area contributed by atoms with Gasteiger partial charge in [0.25, 0.3) is 5.91 Å². The zero-order chi connectivity index (χ0) is 20.2. The number of hydrogen-bond acceptors (Lipinski definition) is 5. The predicted molar refractivity (Wildman–Crippen MR) is 110 cm³/mol. The van der Waals surface area contributed by atoms with E-state index in [1.807, 2.05) is 55.5 Å². The van der Waals surface area contributed by atoms with Crippen LogP contribution in [0.4, 0.5) is 5.69 Å². The van der Waals surface area contributed by atoms with Crippen LogP contribution in [0, 0.1) is 6.92 Å². The third kappa shape index (κ3) is 4.38. The van der Waals surface area contributed by atoms with E-state index in [2.05, 4.69) is 10.3 Å². The molecular formula is C23H20N2O4. The van der Waals surface area contributed by atoms with Gasteiger partial charge in [-0.25, -0.2) is 0 Å². The number of amides is 1. The summed E-state index contributed by atoms with van der Waals surface area (Å²) in [4.78, 5) is 16.9. The van der Waals surface area contributed by atoms with E-state index < -0.39 is 0 Å². The summed E-state index contributed by atoms with van der Waals surface area (Å²) in [5.74, 6) is 1.92. The smallest absolute Gasteiger partial charge is 0.291 e. The van der Waals surface area contributed by atoms with E-state index >= 15 is 0 Å². The average molecular weight is 388 g/mol. The number of nitrogens with one attached hydrogen (secondary N) is 1. The van der Waals surface area contributed by atoms with Gasteiger partial charge in [0.2, 0.25) is 0 Å². The molecule has 0 fully saturated rings. The van der Waals surface area contributed by atoms with E-state index in [4.69, 9.17) is 13.9 Å². The molecule has 0 radical (unpaired) electrons. The Morgan fingerprint density at radius 2 is 1.97 bits per heavy atom. The Balaban J connectivity index is 1.41. The Labute approximate surface area is 168 Å². The van der Waals surface area contributed by atoms with E-state index in [0.29, 0.717) is 11.4 Å². The number of furan rings is 1. The summed E-state index contributed by atoms with van der Waals surface area (Å²) in [6.45, 7) is 2.25. The zero-order valence-electron chi connectivity index (χ0n) is 16.1. The molecule has 4 aromatic rings. The Kier molecular flexibility index (Phi) is 5.16. The Hall–Kier alpha value is -3.80.